The van der Waals surface area contributed by atoms with Crippen molar-refractivity contribution in [2.75, 3.05) is 6.54 Å². The summed E-state index contributed by atoms with van der Waals surface area (Å²) in [4.78, 5) is 0. The highest BCUT2D eigenvalue weighted by Crippen LogP contribution is 2.41. The van der Waals surface area contributed by atoms with Gasteiger partial charge in [0.15, 0.2) is 0 Å². The molecule has 0 aliphatic heterocycles. The summed E-state index contributed by atoms with van der Waals surface area (Å²) >= 11 is 0. The molecule has 1 unspecified atom stereocenters. The first-order valence-corrected chi connectivity index (χ1v) is 7.72. The van der Waals surface area contributed by atoms with Crippen molar-refractivity contribution in [1.82, 2.24) is 5.32 Å². The van der Waals surface area contributed by atoms with Gasteiger partial charge in [-0.3, -0.25) is 0 Å². The quantitative estimate of drug-likeness (QED) is 0.785. The van der Waals surface area contributed by atoms with Gasteiger partial charge in [-0.25, -0.2) is 0 Å². The van der Waals surface area contributed by atoms with Gasteiger partial charge in [0.1, 0.15) is 0 Å². The van der Waals surface area contributed by atoms with Gasteiger partial charge in [-0.15, -0.1) is 0 Å². The minimum absolute atomic E-state index is 0.618. The van der Waals surface area contributed by atoms with Crippen LogP contribution in [-0.4, -0.2) is 6.54 Å². The average molecular weight is 243 g/mol. The van der Waals surface area contributed by atoms with Crippen molar-refractivity contribution in [3.63, 3.8) is 0 Å². The molecular formula is C17H25N. The van der Waals surface area contributed by atoms with Crippen molar-refractivity contribution < 1.29 is 0 Å². The molecule has 0 heterocycles. The van der Waals surface area contributed by atoms with Crippen LogP contribution in [0.4, 0.5) is 0 Å². The van der Waals surface area contributed by atoms with Crippen molar-refractivity contribution in [2.45, 2.75) is 51.0 Å². The van der Waals surface area contributed by atoms with Gasteiger partial charge < -0.3 is 5.32 Å². The topological polar surface area (TPSA) is 12.0 Å². The molecule has 0 amide bonds. The average Bonchev–Trinajstić information content (AvgIpc) is 3.12. The molecule has 0 spiro atoms. The summed E-state index contributed by atoms with van der Waals surface area (Å²) in [5, 5.41) is 3.82. The molecule has 0 saturated heterocycles. The number of nitrogens with one attached hydrogen (secondary N) is 1. The van der Waals surface area contributed by atoms with Crippen LogP contribution >= 0.6 is 0 Å². The van der Waals surface area contributed by atoms with Crippen LogP contribution in [-0.2, 0) is 0 Å². The van der Waals surface area contributed by atoms with Crippen LogP contribution in [0.2, 0.25) is 0 Å². The Hall–Kier alpha value is -0.820. The lowest BCUT2D eigenvalue weighted by Gasteiger charge is -2.20. The first-order valence-electron chi connectivity index (χ1n) is 7.72. The molecule has 3 rings (SSSR count). The van der Waals surface area contributed by atoms with E-state index in [1.807, 2.05) is 0 Å². The van der Waals surface area contributed by atoms with E-state index < -0.39 is 0 Å². The zero-order chi connectivity index (χ0) is 12.2. The SMILES string of the molecule is c1ccc(C(NCCC2CCCC2)C2CC2)cc1. The van der Waals surface area contributed by atoms with E-state index in [0.717, 1.165) is 11.8 Å². The highest BCUT2D eigenvalue weighted by Gasteiger charge is 2.31. The van der Waals surface area contributed by atoms with E-state index in [-0.39, 0.29) is 0 Å². The molecule has 0 bridgehead atoms. The van der Waals surface area contributed by atoms with E-state index in [2.05, 4.69) is 35.6 Å². The van der Waals surface area contributed by atoms with Crippen molar-refractivity contribution in [3.05, 3.63) is 35.9 Å². The van der Waals surface area contributed by atoms with Crippen molar-refractivity contribution >= 4 is 0 Å². The molecule has 2 aliphatic rings. The van der Waals surface area contributed by atoms with Gasteiger partial charge in [0.05, 0.1) is 0 Å². The summed E-state index contributed by atoms with van der Waals surface area (Å²) in [7, 11) is 0. The van der Waals surface area contributed by atoms with Crippen LogP contribution in [0.1, 0.15) is 56.6 Å². The van der Waals surface area contributed by atoms with E-state index in [1.54, 1.807) is 0 Å². The maximum atomic E-state index is 3.82. The highest BCUT2D eigenvalue weighted by atomic mass is 14.9. The van der Waals surface area contributed by atoms with Crippen LogP contribution in [0, 0.1) is 11.8 Å². The number of hydrogen-bond donors (Lipinski definition) is 1. The van der Waals surface area contributed by atoms with E-state index in [4.69, 9.17) is 0 Å². The maximum Gasteiger partial charge on any atom is 0.0348 e. The molecule has 1 N–H and O–H groups in total. The predicted molar refractivity (Wildman–Crippen MR) is 76.5 cm³/mol. The standard InChI is InChI=1S/C17H25N/c1-2-8-15(9-3-1)17(16-10-11-16)18-13-12-14-6-4-5-7-14/h1-3,8-9,14,16-18H,4-7,10-13H2. The number of hydrogen-bond acceptors (Lipinski definition) is 1. The van der Waals surface area contributed by atoms with Gasteiger partial charge in [0, 0.05) is 6.04 Å². The van der Waals surface area contributed by atoms with Gasteiger partial charge in [-0.2, -0.15) is 0 Å². The van der Waals surface area contributed by atoms with Gasteiger partial charge in [-0.1, -0.05) is 56.0 Å². The summed E-state index contributed by atoms with van der Waals surface area (Å²) in [6.45, 7) is 1.21. The summed E-state index contributed by atoms with van der Waals surface area (Å²) < 4.78 is 0. The summed E-state index contributed by atoms with van der Waals surface area (Å²) in [6.07, 6.45) is 10.1. The van der Waals surface area contributed by atoms with Crippen molar-refractivity contribution in [1.29, 1.82) is 0 Å². The Labute approximate surface area is 111 Å². The third-order valence-electron chi connectivity index (χ3n) is 4.64. The highest BCUT2D eigenvalue weighted by molar-refractivity contribution is 5.21. The molecule has 98 valence electrons. The molecule has 1 aromatic rings. The molecule has 1 nitrogen and oxygen atoms in total. The van der Waals surface area contributed by atoms with E-state index >= 15 is 0 Å². The monoisotopic (exact) mass is 243 g/mol. The minimum atomic E-state index is 0.618. The van der Waals surface area contributed by atoms with E-state index in [9.17, 15) is 0 Å². The van der Waals surface area contributed by atoms with Crippen LogP contribution in [0.25, 0.3) is 0 Å². The van der Waals surface area contributed by atoms with Crippen LogP contribution in [0.15, 0.2) is 30.3 Å². The summed E-state index contributed by atoms with van der Waals surface area (Å²) in [5.74, 6) is 1.91. The van der Waals surface area contributed by atoms with Crippen molar-refractivity contribution in [2.24, 2.45) is 11.8 Å². The number of rotatable bonds is 6. The summed E-state index contributed by atoms with van der Waals surface area (Å²) in [6, 6.07) is 11.6. The lowest BCUT2D eigenvalue weighted by Crippen LogP contribution is -2.25. The second-order valence-electron chi connectivity index (χ2n) is 6.12. The fourth-order valence-corrected chi connectivity index (χ4v) is 3.39. The zero-order valence-corrected chi connectivity index (χ0v) is 11.3. The Morgan fingerprint density at radius 1 is 1.00 bits per heavy atom. The molecule has 2 aliphatic carbocycles. The van der Waals surface area contributed by atoms with Crippen LogP contribution in [0.5, 0.6) is 0 Å². The molecule has 2 fully saturated rings. The van der Waals surface area contributed by atoms with Crippen LogP contribution in [0.3, 0.4) is 0 Å². The third-order valence-corrected chi connectivity index (χ3v) is 4.64. The fraction of sp³-hybridized carbons (Fsp3) is 0.647. The Bertz CT molecular complexity index is 349. The largest absolute Gasteiger partial charge is 0.310 e. The van der Waals surface area contributed by atoms with Crippen LogP contribution < -0.4 is 5.32 Å². The third kappa shape index (κ3) is 3.14. The molecule has 0 radical (unpaired) electrons. The Kier molecular flexibility index (Phi) is 3.99. The van der Waals surface area contributed by atoms with E-state index in [1.165, 1.54) is 57.1 Å². The van der Waals surface area contributed by atoms with E-state index in [0.29, 0.717) is 6.04 Å². The summed E-state index contributed by atoms with van der Waals surface area (Å²) in [5.41, 5.74) is 1.49. The lowest BCUT2D eigenvalue weighted by atomic mass is 10.0. The van der Waals surface area contributed by atoms with Gasteiger partial charge in [-0.05, 0) is 43.2 Å². The van der Waals surface area contributed by atoms with Gasteiger partial charge >= 0.3 is 0 Å². The second kappa shape index (κ2) is 5.88. The second-order valence-corrected chi connectivity index (χ2v) is 6.12. The molecular weight excluding hydrogens is 218 g/mol. The van der Waals surface area contributed by atoms with Gasteiger partial charge in [0.25, 0.3) is 0 Å². The normalized spacial score (nSPS) is 22.2. The number of benzene rings is 1. The lowest BCUT2D eigenvalue weighted by molar-refractivity contribution is 0.422. The first kappa shape index (κ1) is 12.2. The maximum absolute atomic E-state index is 3.82. The molecule has 0 aromatic heterocycles. The van der Waals surface area contributed by atoms with Gasteiger partial charge in [0.2, 0.25) is 0 Å². The molecule has 1 heteroatoms. The minimum Gasteiger partial charge on any atom is -0.310 e. The predicted octanol–water partition coefficient (Wildman–Crippen LogP) is 4.31. The molecule has 1 aromatic carbocycles. The Morgan fingerprint density at radius 3 is 2.39 bits per heavy atom. The molecule has 1 atom stereocenters. The Balaban J connectivity index is 1.51. The Morgan fingerprint density at radius 2 is 1.72 bits per heavy atom. The smallest absolute Gasteiger partial charge is 0.0348 e. The molecule has 2 saturated carbocycles. The fourth-order valence-electron chi connectivity index (χ4n) is 3.39. The molecule has 18 heavy (non-hydrogen) atoms. The zero-order valence-electron chi connectivity index (χ0n) is 11.3. The first-order chi connectivity index (χ1) is 8.93. The van der Waals surface area contributed by atoms with Crippen molar-refractivity contribution in [3.8, 4) is 0 Å².